The average molecular weight is 485 g/mol. The number of ether oxygens (including phenoxy) is 1. The van der Waals surface area contributed by atoms with Gasteiger partial charge in [-0.15, -0.1) is 5.10 Å². The number of nitrogens with zero attached hydrogens (tertiary/aromatic N) is 5. The molecule has 10 heteroatoms. The second-order valence-corrected chi connectivity index (χ2v) is 10.3. The van der Waals surface area contributed by atoms with Crippen molar-refractivity contribution in [1.82, 2.24) is 24.4 Å². The van der Waals surface area contributed by atoms with Gasteiger partial charge in [0.15, 0.2) is 5.82 Å². The zero-order valence-electron chi connectivity index (χ0n) is 20.1. The van der Waals surface area contributed by atoms with Crippen molar-refractivity contribution in [3.63, 3.8) is 0 Å². The highest BCUT2D eigenvalue weighted by atomic mass is 32.2. The molecule has 1 fully saturated rings. The molecule has 9 nitrogen and oxygen atoms in total. The lowest BCUT2D eigenvalue weighted by Crippen LogP contribution is -2.44. The molecular formula is C24H32N6O3S. The zero-order chi connectivity index (χ0) is 24.3. The van der Waals surface area contributed by atoms with E-state index in [0.29, 0.717) is 24.1 Å². The highest BCUT2D eigenvalue weighted by Crippen LogP contribution is 2.27. The van der Waals surface area contributed by atoms with Gasteiger partial charge in [-0.2, -0.15) is 0 Å². The van der Waals surface area contributed by atoms with Crippen LogP contribution in [0, 0.1) is 6.92 Å². The van der Waals surface area contributed by atoms with Crippen LogP contribution in [-0.4, -0.2) is 61.3 Å². The molecule has 182 valence electrons. The molecule has 3 aromatic rings. The zero-order valence-corrected chi connectivity index (χ0v) is 20.9. The van der Waals surface area contributed by atoms with Gasteiger partial charge in [-0.25, -0.2) is 13.1 Å². The van der Waals surface area contributed by atoms with Crippen LogP contribution in [0.5, 0.6) is 11.8 Å². The molecule has 0 bridgehead atoms. The number of likely N-dealkylation sites (N-methyl/N-ethyl adjacent to an activating group) is 1. The number of nitrogens with one attached hydrogen (secondary N) is 1. The van der Waals surface area contributed by atoms with Gasteiger partial charge in [0.2, 0.25) is 10.0 Å². The van der Waals surface area contributed by atoms with E-state index in [1.54, 1.807) is 35.8 Å². The lowest BCUT2D eigenvalue weighted by Gasteiger charge is -2.34. The maximum absolute atomic E-state index is 12.8. The molecule has 2 aromatic carbocycles. The minimum atomic E-state index is -3.70. The van der Waals surface area contributed by atoms with Gasteiger partial charge in [0.1, 0.15) is 5.75 Å². The van der Waals surface area contributed by atoms with Crippen molar-refractivity contribution in [3.05, 3.63) is 59.9 Å². The highest BCUT2D eigenvalue weighted by molar-refractivity contribution is 7.89. The Morgan fingerprint density at radius 1 is 1.06 bits per heavy atom. The summed E-state index contributed by atoms with van der Waals surface area (Å²) in [6, 6.07) is 14.4. The molecule has 0 unspecified atom stereocenters. The molecule has 0 amide bonds. The van der Waals surface area contributed by atoms with Gasteiger partial charge < -0.3 is 14.5 Å². The second kappa shape index (κ2) is 10.1. The largest absolute Gasteiger partial charge is 0.424 e. The summed E-state index contributed by atoms with van der Waals surface area (Å²) in [7, 11) is -1.57. The summed E-state index contributed by atoms with van der Waals surface area (Å²) < 4.78 is 36.2. The van der Waals surface area contributed by atoms with Crippen molar-refractivity contribution in [2.45, 2.75) is 38.3 Å². The highest BCUT2D eigenvalue weighted by Gasteiger charge is 2.24. The second-order valence-electron chi connectivity index (χ2n) is 8.63. The lowest BCUT2D eigenvalue weighted by molar-refractivity contribution is 0.312. The van der Waals surface area contributed by atoms with Crippen LogP contribution in [0.25, 0.3) is 0 Å². The van der Waals surface area contributed by atoms with E-state index < -0.39 is 16.1 Å². The first-order chi connectivity index (χ1) is 16.3. The number of hydrogen-bond donors (Lipinski definition) is 1. The molecule has 1 N–H and O–H groups in total. The Bertz CT molecular complexity index is 1220. The fourth-order valence-corrected chi connectivity index (χ4v) is 5.18. The molecule has 1 aliphatic rings. The molecule has 1 aliphatic heterocycles. The van der Waals surface area contributed by atoms with E-state index in [4.69, 9.17) is 4.74 Å². The fraction of sp³-hybridized carbons (Fsp3) is 0.417. The van der Waals surface area contributed by atoms with Crippen molar-refractivity contribution in [1.29, 1.82) is 0 Å². The topological polar surface area (TPSA) is 92.6 Å². The van der Waals surface area contributed by atoms with E-state index in [9.17, 15) is 8.42 Å². The Morgan fingerprint density at radius 2 is 1.76 bits per heavy atom. The summed E-state index contributed by atoms with van der Waals surface area (Å²) >= 11 is 0. The van der Waals surface area contributed by atoms with Gasteiger partial charge in [0.05, 0.1) is 10.9 Å². The Hall–Kier alpha value is -2.95. The maximum atomic E-state index is 12.8. The third-order valence-electron chi connectivity index (χ3n) is 6.01. The Balaban J connectivity index is 1.50. The van der Waals surface area contributed by atoms with E-state index in [1.165, 1.54) is 0 Å². The Kier molecular flexibility index (Phi) is 7.20. The summed E-state index contributed by atoms with van der Waals surface area (Å²) in [4.78, 5) is 4.87. The third kappa shape index (κ3) is 5.40. The summed E-state index contributed by atoms with van der Waals surface area (Å²) in [5.41, 5.74) is 2.10. The summed E-state index contributed by atoms with van der Waals surface area (Å²) in [5, 5.41) is 8.45. The van der Waals surface area contributed by atoms with E-state index in [-0.39, 0.29) is 4.90 Å². The SMILES string of the molecule is CCn1c(Oc2cccc(N3CCN(C)CC3)c2)nnc1[C@@H](C)NS(=O)(=O)c1ccc(C)cc1. The third-order valence-corrected chi connectivity index (χ3v) is 7.56. The monoisotopic (exact) mass is 484 g/mol. The summed E-state index contributed by atoms with van der Waals surface area (Å²) in [5.74, 6) is 1.15. The van der Waals surface area contributed by atoms with Gasteiger partial charge in [-0.05, 0) is 52.1 Å². The number of aryl methyl sites for hydroxylation is 1. The predicted molar refractivity (Wildman–Crippen MR) is 132 cm³/mol. The number of sulfonamides is 1. The van der Waals surface area contributed by atoms with E-state index in [1.807, 2.05) is 32.0 Å². The molecule has 1 aromatic heterocycles. The van der Waals surface area contributed by atoms with Crippen LogP contribution in [0.1, 0.15) is 31.3 Å². The van der Waals surface area contributed by atoms with Crippen LogP contribution in [0.4, 0.5) is 5.69 Å². The van der Waals surface area contributed by atoms with Crippen LogP contribution >= 0.6 is 0 Å². The molecule has 1 saturated heterocycles. The van der Waals surface area contributed by atoms with E-state index >= 15 is 0 Å². The van der Waals surface area contributed by atoms with Crippen LogP contribution in [0.2, 0.25) is 0 Å². The molecule has 0 spiro atoms. The summed E-state index contributed by atoms with van der Waals surface area (Å²) in [6.45, 7) is 10.1. The smallest absolute Gasteiger partial charge is 0.322 e. The first-order valence-corrected chi connectivity index (χ1v) is 13.0. The predicted octanol–water partition coefficient (Wildman–Crippen LogP) is 3.19. The van der Waals surface area contributed by atoms with Crippen molar-refractivity contribution < 1.29 is 13.2 Å². The molecule has 34 heavy (non-hydrogen) atoms. The van der Waals surface area contributed by atoms with Gasteiger partial charge in [0.25, 0.3) is 0 Å². The fourth-order valence-electron chi connectivity index (χ4n) is 3.98. The average Bonchev–Trinajstić information content (AvgIpc) is 3.22. The maximum Gasteiger partial charge on any atom is 0.322 e. The summed E-state index contributed by atoms with van der Waals surface area (Å²) in [6.07, 6.45) is 0. The van der Waals surface area contributed by atoms with Crippen molar-refractivity contribution in [2.24, 2.45) is 0 Å². The molecule has 2 heterocycles. The first-order valence-electron chi connectivity index (χ1n) is 11.5. The van der Waals surface area contributed by atoms with Crippen LogP contribution < -0.4 is 14.4 Å². The molecule has 0 saturated carbocycles. The quantitative estimate of drug-likeness (QED) is 0.525. The van der Waals surface area contributed by atoms with Crippen LogP contribution in [-0.2, 0) is 16.6 Å². The number of anilines is 1. The van der Waals surface area contributed by atoms with Crippen molar-refractivity contribution >= 4 is 15.7 Å². The molecule has 0 radical (unpaired) electrons. The van der Waals surface area contributed by atoms with E-state index in [2.05, 4.69) is 37.8 Å². The molecule has 1 atom stereocenters. The van der Waals surface area contributed by atoms with Gasteiger partial charge in [-0.3, -0.25) is 4.57 Å². The standard InChI is InChI=1S/C24H32N6O3S/c1-5-30-23(19(3)27-34(31,32)22-11-9-18(2)10-12-22)25-26-24(30)33-21-8-6-7-20(17-21)29-15-13-28(4)14-16-29/h6-12,17,19,27H,5,13-16H2,1-4H3/t19-/m1/s1. The normalized spacial score (nSPS) is 15.9. The number of hydrogen-bond acceptors (Lipinski definition) is 7. The Morgan fingerprint density at radius 3 is 2.44 bits per heavy atom. The minimum Gasteiger partial charge on any atom is -0.424 e. The van der Waals surface area contributed by atoms with Gasteiger partial charge in [0, 0.05) is 44.5 Å². The molecular weight excluding hydrogens is 452 g/mol. The van der Waals surface area contributed by atoms with Crippen molar-refractivity contribution in [3.8, 4) is 11.8 Å². The Labute approximate surface area is 201 Å². The van der Waals surface area contributed by atoms with Gasteiger partial charge >= 0.3 is 6.01 Å². The van der Waals surface area contributed by atoms with Gasteiger partial charge in [-0.1, -0.05) is 28.9 Å². The molecule has 0 aliphatic carbocycles. The molecule has 4 rings (SSSR count). The number of rotatable bonds is 8. The van der Waals surface area contributed by atoms with Crippen LogP contribution in [0.3, 0.4) is 0 Å². The minimum absolute atomic E-state index is 0.213. The number of benzene rings is 2. The number of piperazine rings is 1. The van der Waals surface area contributed by atoms with Crippen LogP contribution in [0.15, 0.2) is 53.4 Å². The van der Waals surface area contributed by atoms with E-state index in [0.717, 1.165) is 37.4 Å². The number of aromatic nitrogens is 3. The first kappa shape index (κ1) is 24.2. The lowest BCUT2D eigenvalue weighted by atomic mass is 10.2. The van der Waals surface area contributed by atoms with Crippen molar-refractivity contribution in [2.75, 3.05) is 38.1 Å².